The van der Waals surface area contributed by atoms with Crippen molar-refractivity contribution < 1.29 is 9.32 Å². The van der Waals surface area contributed by atoms with E-state index in [4.69, 9.17) is 4.52 Å². The van der Waals surface area contributed by atoms with E-state index in [1.165, 1.54) is 0 Å². The number of pyridine rings is 1. The van der Waals surface area contributed by atoms with Gasteiger partial charge in [0.1, 0.15) is 0 Å². The van der Waals surface area contributed by atoms with Crippen LogP contribution in [0.5, 0.6) is 0 Å². The van der Waals surface area contributed by atoms with Gasteiger partial charge in [-0.2, -0.15) is 0 Å². The molecular formula is C17H13N5O2. The van der Waals surface area contributed by atoms with E-state index in [0.717, 1.165) is 5.56 Å². The van der Waals surface area contributed by atoms with Gasteiger partial charge in [-0.05, 0) is 13.0 Å². The predicted molar refractivity (Wildman–Crippen MR) is 88.5 cm³/mol. The van der Waals surface area contributed by atoms with Crippen molar-refractivity contribution in [1.29, 1.82) is 0 Å². The Labute approximate surface area is 136 Å². The molecule has 1 amide bonds. The molecule has 0 radical (unpaired) electrons. The molecule has 3 aromatic heterocycles. The second kappa shape index (κ2) is 5.62. The van der Waals surface area contributed by atoms with E-state index in [-0.39, 0.29) is 5.91 Å². The number of rotatable bonds is 3. The van der Waals surface area contributed by atoms with Crippen LogP contribution in [-0.2, 0) is 0 Å². The third-order valence-electron chi connectivity index (χ3n) is 3.66. The smallest absolute Gasteiger partial charge is 0.259 e. The van der Waals surface area contributed by atoms with Crippen LogP contribution in [-0.4, -0.2) is 26.0 Å². The quantitative estimate of drug-likeness (QED) is 0.604. The second-order valence-corrected chi connectivity index (χ2v) is 5.26. The number of anilines is 1. The molecule has 0 saturated heterocycles. The molecule has 3 heterocycles. The molecule has 0 atom stereocenters. The molecule has 4 aromatic rings. The highest BCUT2D eigenvalue weighted by Gasteiger charge is 2.19. The Kier molecular flexibility index (Phi) is 3.31. The molecule has 0 spiro atoms. The van der Waals surface area contributed by atoms with Crippen LogP contribution >= 0.6 is 0 Å². The molecule has 2 N–H and O–H groups in total. The number of hydrogen-bond acceptors (Lipinski definition) is 5. The summed E-state index contributed by atoms with van der Waals surface area (Å²) in [5.74, 6) is 0.0705. The predicted octanol–water partition coefficient (Wildman–Crippen LogP) is 3.17. The summed E-state index contributed by atoms with van der Waals surface area (Å²) in [6.07, 6.45) is 3.20. The summed E-state index contributed by atoms with van der Waals surface area (Å²) in [7, 11) is 0. The number of benzene rings is 1. The Hall–Kier alpha value is -3.48. The van der Waals surface area contributed by atoms with Crippen molar-refractivity contribution in [2.45, 2.75) is 6.92 Å². The van der Waals surface area contributed by atoms with E-state index in [9.17, 15) is 4.79 Å². The molecule has 0 saturated carbocycles. The molecule has 24 heavy (non-hydrogen) atoms. The van der Waals surface area contributed by atoms with Crippen molar-refractivity contribution in [3.63, 3.8) is 0 Å². The molecule has 1 aromatic carbocycles. The minimum Gasteiger partial charge on any atom is -0.335 e. The van der Waals surface area contributed by atoms with Crippen molar-refractivity contribution in [2.24, 2.45) is 0 Å². The van der Waals surface area contributed by atoms with Crippen LogP contribution in [0.15, 0.2) is 53.3 Å². The summed E-state index contributed by atoms with van der Waals surface area (Å²) in [4.78, 5) is 24.0. The van der Waals surface area contributed by atoms with Gasteiger partial charge in [-0.15, -0.1) is 0 Å². The topological polar surface area (TPSA) is 96.7 Å². The Bertz CT molecular complexity index is 1010. The van der Waals surface area contributed by atoms with Gasteiger partial charge in [-0.1, -0.05) is 35.5 Å². The summed E-state index contributed by atoms with van der Waals surface area (Å²) in [5, 5.41) is 7.25. The van der Waals surface area contributed by atoms with Crippen LogP contribution in [0.4, 0.5) is 5.95 Å². The molecule has 4 rings (SSSR count). The molecule has 0 fully saturated rings. The first kappa shape index (κ1) is 14.1. The first-order chi connectivity index (χ1) is 11.7. The van der Waals surface area contributed by atoms with Gasteiger partial charge in [0.15, 0.2) is 0 Å². The molecule has 7 nitrogen and oxygen atoms in total. The lowest BCUT2D eigenvalue weighted by Crippen LogP contribution is -2.14. The number of H-pyrrole nitrogens is 1. The summed E-state index contributed by atoms with van der Waals surface area (Å²) in [6.45, 7) is 1.78. The highest BCUT2D eigenvalue weighted by molar-refractivity contribution is 6.12. The highest BCUT2D eigenvalue weighted by Crippen LogP contribution is 2.27. The molecule has 7 heteroatoms. The monoisotopic (exact) mass is 319 g/mol. The maximum Gasteiger partial charge on any atom is 0.259 e. The van der Waals surface area contributed by atoms with Crippen LogP contribution in [0.1, 0.15) is 16.1 Å². The molecular weight excluding hydrogens is 306 g/mol. The Morgan fingerprint density at radius 1 is 1.25 bits per heavy atom. The van der Waals surface area contributed by atoms with Gasteiger partial charge in [0.05, 0.1) is 22.3 Å². The summed E-state index contributed by atoms with van der Waals surface area (Å²) >= 11 is 0. The molecule has 0 aliphatic carbocycles. The Morgan fingerprint density at radius 2 is 2.08 bits per heavy atom. The van der Waals surface area contributed by atoms with E-state index in [0.29, 0.717) is 34.0 Å². The van der Waals surface area contributed by atoms with Gasteiger partial charge < -0.3 is 9.51 Å². The van der Waals surface area contributed by atoms with E-state index in [1.807, 2.05) is 30.3 Å². The fourth-order valence-corrected chi connectivity index (χ4v) is 2.54. The van der Waals surface area contributed by atoms with Crippen LogP contribution in [0.3, 0.4) is 0 Å². The van der Waals surface area contributed by atoms with E-state index in [1.54, 1.807) is 25.4 Å². The maximum atomic E-state index is 12.7. The van der Waals surface area contributed by atoms with Gasteiger partial charge in [-0.25, -0.2) is 9.97 Å². The second-order valence-electron chi connectivity index (χ2n) is 5.26. The molecule has 0 bridgehead atoms. The first-order valence-corrected chi connectivity index (χ1v) is 7.35. The highest BCUT2D eigenvalue weighted by atomic mass is 16.5. The minimum absolute atomic E-state index is 0.305. The van der Waals surface area contributed by atoms with E-state index in [2.05, 4.69) is 25.4 Å². The number of carbonyl (C=O) groups excluding carboxylic acids is 1. The minimum atomic E-state index is -0.305. The Balaban J connectivity index is 1.86. The first-order valence-electron chi connectivity index (χ1n) is 7.35. The van der Waals surface area contributed by atoms with Crippen LogP contribution < -0.4 is 5.32 Å². The zero-order valence-corrected chi connectivity index (χ0v) is 12.8. The fourth-order valence-electron chi connectivity index (χ4n) is 2.54. The van der Waals surface area contributed by atoms with Crippen molar-refractivity contribution in [3.8, 4) is 11.3 Å². The van der Waals surface area contributed by atoms with Crippen molar-refractivity contribution in [2.75, 3.05) is 5.32 Å². The third kappa shape index (κ3) is 2.41. The van der Waals surface area contributed by atoms with Crippen LogP contribution in [0.2, 0.25) is 0 Å². The normalized spacial score (nSPS) is 10.9. The lowest BCUT2D eigenvalue weighted by atomic mass is 10.1. The van der Waals surface area contributed by atoms with Crippen molar-refractivity contribution >= 4 is 23.0 Å². The molecule has 0 aliphatic heterocycles. The van der Waals surface area contributed by atoms with Crippen molar-refractivity contribution in [3.05, 3.63) is 60.0 Å². The van der Waals surface area contributed by atoms with Crippen LogP contribution in [0, 0.1) is 6.92 Å². The number of imidazole rings is 1. The summed E-state index contributed by atoms with van der Waals surface area (Å²) in [5.41, 5.74) is 2.92. The molecule has 118 valence electrons. The average molecular weight is 319 g/mol. The van der Waals surface area contributed by atoms with Gasteiger partial charge >= 0.3 is 0 Å². The SMILES string of the molecule is Cc1noc2nc(-c3ccccc3)cc(C(=O)Nc3ncc[nH]3)c12. The zero-order valence-electron chi connectivity index (χ0n) is 12.8. The van der Waals surface area contributed by atoms with Gasteiger partial charge in [0.2, 0.25) is 5.95 Å². The number of carbonyl (C=O) groups is 1. The Morgan fingerprint density at radius 3 is 2.83 bits per heavy atom. The summed E-state index contributed by atoms with van der Waals surface area (Å²) < 4.78 is 5.27. The number of nitrogens with zero attached hydrogens (tertiary/aromatic N) is 3. The average Bonchev–Trinajstić information content (AvgIpc) is 3.25. The van der Waals surface area contributed by atoms with Crippen LogP contribution in [0.25, 0.3) is 22.4 Å². The number of aromatic nitrogens is 4. The number of aryl methyl sites for hydroxylation is 1. The largest absolute Gasteiger partial charge is 0.335 e. The number of fused-ring (bicyclic) bond motifs is 1. The standard InChI is InChI=1S/C17H13N5O2/c1-10-14-12(15(23)21-17-18-7-8-19-17)9-13(20-16(14)24-22-10)11-5-3-2-4-6-11/h2-9H,1H3,(H2,18,19,21,23). The maximum absolute atomic E-state index is 12.7. The lowest BCUT2D eigenvalue weighted by Gasteiger charge is -2.06. The lowest BCUT2D eigenvalue weighted by molar-refractivity contribution is 0.102. The van der Waals surface area contributed by atoms with Gasteiger partial charge in [-0.3, -0.25) is 10.1 Å². The number of hydrogen-bond donors (Lipinski definition) is 2. The van der Waals surface area contributed by atoms with E-state index >= 15 is 0 Å². The molecule has 0 aliphatic rings. The summed E-state index contributed by atoms with van der Waals surface area (Å²) in [6, 6.07) is 11.3. The number of nitrogens with one attached hydrogen (secondary N) is 2. The third-order valence-corrected chi connectivity index (χ3v) is 3.66. The zero-order chi connectivity index (χ0) is 16.5. The van der Waals surface area contributed by atoms with Gasteiger partial charge in [0.25, 0.3) is 11.6 Å². The fraction of sp³-hybridized carbons (Fsp3) is 0.0588. The van der Waals surface area contributed by atoms with E-state index < -0.39 is 0 Å². The number of amides is 1. The van der Waals surface area contributed by atoms with Gasteiger partial charge in [0, 0.05) is 18.0 Å². The van der Waals surface area contributed by atoms with Crippen molar-refractivity contribution in [1.82, 2.24) is 20.1 Å². The number of aromatic amines is 1. The molecule has 0 unspecified atom stereocenters.